The van der Waals surface area contributed by atoms with Crippen LogP contribution in [-0.4, -0.2) is 5.71 Å². The van der Waals surface area contributed by atoms with Crippen LogP contribution in [0.15, 0.2) is 35.9 Å². The van der Waals surface area contributed by atoms with Gasteiger partial charge in [-0.05, 0) is 53.4 Å². The minimum absolute atomic E-state index is 0.0710. The summed E-state index contributed by atoms with van der Waals surface area (Å²) in [6.45, 7) is 6.59. The summed E-state index contributed by atoms with van der Waals surface area (Å²) in [5.74, 6) is -1.06. The quantitative estimate of drug-likeness (QED) is 0.629. The van der Waals surface area contributed by atoms with E-state index in [9.17, 15) is 15.8 Å². The number of fused-ring (bicyclic) bond motifs is 1. The van der Waals surface area contributed by atoms with Gasteiger partial charge in [0.05, 0.1) is 23.9 Å². The summed E-state index contributed by atoms with van der Waals surface area (Å²) in [4.78, 5) is 0. The van der Waals surface area contributed by atoms with Gasteiger partial charge in [0.25, 0.3) is 0 Å². The number of nitrogens with zero attached hydrogens (tertiary/aromatic N) is 3. The lowest BCUT2D eigenvalue weighted by Crippen LogP contribution is -2.50. The highest BCUT2D eigenvalue weighted by molar-refractivity contribution is 6.30. The molecule has 2 aliphatic carbocycles. The van der Waals surface area contributed by atoms with Crippen molar-refractivity contribution in [3.63, 3.8) is 0 Å². The summed E-state index contributed by atoms with van der Waals surface area (Å²) in [7, 11) is 0. The number of nitriles is 3. The standard InChI is InChI=1S/C23H23ClN4/c1-22(2,3)15-6-9-17-18(10-15)20(14-4-7-16(24)8-5-14)23(12-26,13-27)21(28)19(17)11-25/h4-5,7-9,15,18-20,28H,6,10H2,1-3H3. The smallest absolute Gasteiger partial charge is 0.189 e. The van der Waals surface area contributed by atoms with Crippen LogP contribution >= 0.6 is 11.6 Å². The van der Waals surface area contributed by atoms with Gasteiger partial charge in [0.15, 0.2) is 5.41 Å². The number of benzene rings is 1. The van der Waals surface area contributed by atoms with Crippen LogP contribution in [0.3, 0.4) is 0 Å². The third kappa shape index (κ3) is 3.01. The number of halogens is 1. The molecule has 0 saturated heterocycles. The fraction of sp³-hybridized carbons (Fsp3) is 0.478. The van der Waals surface area contributed by atoms with E-state index < -0.39 is 17.3 Å². The molecule has 0 spiro atoms. The summed E-state index contributed by atoms with van der Waals surface area (Å²) in [6.07, 6.45) is 3.73. The van der Waals surface area contributed by atoms with Crippen LogP contribution in [0.4, 0.5) is 0 Å². The predicted molar refractivity (Wildman–Crippen MR) is 108 cm³/mol. The molecule has 0 amide bonds. The molecular weight excluding hydrogens is 368 g/mol. The fourth-order valence-corrected chi connectivity index (χ4v) is 4.90. The molecule has 4 unspecified atom stereocenters. The molecule has 1 N–H and O–H groups in total. The van der Waals surface area contributed by atoms with E-state index in [1.165, 1.54) is 0 Å². The molecule has 0 radical (unpaired) electrons. The number of rotatable bonds is 1. The molecule has 0 heterocycles. The van der Waals surface area contributed by atoms with Crippen LogP contribution in [0.2, 0.25) is 5.02 Å². The van der Waals surface area contributed by atoms with Gasteiger partial charge in [-0.3, -0.25) is 0 Å². The third-order valence-electron chi connectivity index (χ3n) is 6.46. The lowest BCUT2D eigenvalue weighted by molar-refractivity contribution is 0.168. The Morgan fingerprint density at radius 3 is 2.21 bits per heavy atom. The van der Waals surface area contributed by atoms with Gasteiger partial charge in [0, 0.05) is 10.9 Å². The Bertz CT molecular complexity index is 933. The summed E-state index contributed by atoms with van der Waals surface area (Å²) in [5.41, 5.74) is 0.0299. The van der Waals surface area contributed by atoms with Gasteiger partial charge in [-0.1, -0.05) is 50.6 Å². The average Bonchev–Trinajstić information content (AvgIpc) is 2.67. The van der Waals surface area contributed by atoms with Crippen molar-refractivity contribution in [1.82, 2.24) is 0 Å². The molecule has 2 aliphatic rings. The lowest BCUT2D eigenvalue weighted by atomic mass is 9.51. The monoisotopic (exact) mass is 390 g/mol. The van der Waals surface area contributed by atoms with E-state index in [0.717, 1.165) is 24.0 Å². The van der Waals surface area contributed by atoms with E-state index in [0.29, 0.717) is 10.9 Å². The molecule has 0 bridgehead atoms. The van der Waals surface area contributed by atoms with E-state index >= 15 is 0 Å². The van der Waals surface area contributed by atoms with E-state index in [4.69, 9.17) is 17.0 Å². The minimum atomic E-state index is -1.66. The van der Waals surface area contributed by atoms with E-state index in [2.05, 4.69) is 45.1 Å². The second-order valence-electron chi connectivity index (χ2n) is 8.88. The third-order valence-corrected chi connectivity index (χ3v) is 6.71. The molecule has 0 aliphatic heterocycles. The summed E-state index contributed by atoms with van der Waals surface area (Å²) in [5, 5.41) is 39.1. The zero-order valence-electron chi connectivity index (χ0n) is 16.3. The second-order valence-corrected chi connectivity index (χ2v) is 9.32. The van der Waals surface area contributed by atoms with Crippen LogP contribution in [-0.2, 0) is 0 Å². The first-order valence-electron chi connectivity index (χ1n) is 9.46. The predicted octanol–water partition coefficient (Wildman–Crippen LogP) is 5.63. The number of hydrogen-bond donors (Lipinski definition) is 1. The molecule has 4 atom stereocenters. The Kier molecular flexibility index (Phi) is 5.10. The van der Waals surface area contributed by atoms with Crippen LogP contribution in [0.1, 0.15) is 45.1 Å². The molecule has 3 rings (SSSR count). The Morgan fingerprint density at radius 1 is 1.11 bits per heavy atom. The maximum Gasteiger partial charge on any atom is 0.189 e. The topological polar surface area (TPSA) is 95.2 Å². The molecular formula is C23H23ClN4. The average molecular weight is 391 g/mol. The minimum Gasteiger partial charge on any atom is -0.305 e. The highest BCUT2D eigenvalue weighted by Crippen LogP contribution is 2.57. The molecule has 1 aromatic rings. The van der Waals surface area contributed by atoms with Crippen molar-refractivity contribution < 1.29 is 0 Å². The molecule has 1 aromatic carbocycles. The van der Waals surface area contributed by atoms with Crippen LogP contribution in [0.5, 0.6) is 0 Å². The van der Waals surface area contributed by atoms with Gasteiger partial charge < -0.3 is 5.41 Å². The maximum absolute atomic E-state index is 10.1. The molecule has 1 fully saturated rings. The van der Waals surface area contributed by atoms with Crippen molar-refractivity contribution in [2.75, 3.05) is 0 Å². The molecule has 1 saturated carbocycles. The van der Waals surface area contributed by atoms with Gasteiger partial charge in [-0.25, -0.2) is 0 Å². The SMILES string of the molecule is CC(C)(C)C1CC=C2C(C#N)C(=N)C(C#N)(C#N)C(c3ccc(Cl)cc3)C2C1. The first-order valence-corrected chi connectivity index (χ1v) is 9.83. The Labute approximate surface area is 171 Å². The van der Waals surface area contributed by atoms with E-state index in [1.807, 2.05) is 12.1 Å². The molecule has 5 heteroatoms. The number of hydrogen-bond acceptors (Lipinski definition) is 4. The highest BCUT2D eigenvalue weighted by Gasteiger charge is 2.58. The maximum atomic E-state index is 10.1. The molecule has 28 heavy (non-hydrogen) atoms. The van der Waals surface area contributed by atoms with Gasteiger partial charge in [-0.2, -0.15) is 15.8 Å². The molecule has 142 valence electrons. The first-order chi connectivity index (χ1) is 13.2. The van der Waals surface area contributed by atoms with Crippen molar-refractivity contribution in [3.8, 4) is 18.2 Å². The van der Waals surface area contributed by atoms with Crippen molar-refractivity contribution >= 4 is 17.3 Å². The van der Waals surface area contributed by atoms with Crippen molar-refractivity contribution in [2.45, 2.75) is 39.5 Å². The van der Waals surface area contributed by atoms with Crippen molar-refractivity contribution in [1.29, 1.82) is 21.2 Å². The summed E-state index contributed by atoms with van der Waals surface area (Å²) in [6, 6.07) is 13.7. The fourth-order valence-electron chi connectivity index (χ4n) is 4.78. The van der Waals surface area contributed by atoms with Crippen LogP contribution in [0, 0.1) is 68.0 Å². The Morgan fingerprint density at radius 2 is 1.71 bits per heavy atom. The highest BCUT2D eigenvalue weighted by atomic mass is 35.5. The largest absolute Gasteiger partial charge is 0.305 e. The van der Waals surface area contributed by atoms with E-state index in [1.54, 1.807) is 12.1 Å². The first kappa shape index (κ1) is 20.1. The number of nitrogens with one attached hydrogen (secondary N) is 1. The summed E-state index contributed by atoms with van der Waals surface area (Å²) < 4.78 is 0. The Balaban J connectivity index is 2.24. The molecule has 4 nitrogen and oxygen atoms in total. The van der Waals surface area contributed by atoms with Crippen LogP contribution in [0.25, 0.3) is 0 Å². The van der Waals surface area contributed by atoms with Gasteiger partial charge >= 0.3 is 0 Å². The van der Waals surface area contributed by atoms with E-state index in [-0.39, 0.29) is 17.0 Å². The van der Waals surface area contributed by atoms with Crippen LogP contribution < -0.4 is 0 Å². The zero-order valence-corrected chi connectivity index (χ0v) is 17.1. The molecule has 0 aromatic heterocycles. The van der Waals surface area contributed by atoms with Crippen molar-refractivity contribution in [2.24, 2.45) is 28.6 Å². The zero-order chi connectivity index (χ0) is 20.7. The van der Waals surface area contributed by atoms with Gasteiger partial charge in [0.2, 0.25) is 0 Å². The van der Waals surface area contributed by atoms with Gasteiger partial charge in [-0.15, -0.1) is 0 Å². The normalized spacial score (nSPS) is 28.9. The lowest BCUT2D eigenvalue weighted by Gasteiger charge is -2.49. The second kappa shape index (κ2) is 7.09. The Hall–Kier alpha value is -2.61. The van der Waals surface area contributed by atoms with Gasteiger partial charge in [0.1, 0.15) is 5.92 Å². The summed E-state index contributed by atoms with van der Waals surface area (Å²) >= 11 is 6.06. The van der Waals surface area contributed by atoms with Crippen molar-refractivity contribution in [3.05, 3.63) is 46.5 Å². The number of allylic oxidation sites excluding steroid dienone is 2.